The number of para-hydroxylation sites is 1. The van der Waals surface area contributed by atoms with E-state index < -0.39 is 6.10 Å². The molecule has 2 atom stereocenters. The van der Waals surface area contributed by atoms with Crippen molar-refractivity contribution in [1.82, 2.24) is 0 Å². The number of piperidine rings is 1. The van der Waals surface area contributed by atoms with Crippen molar-refractivity contribution in [3.8, 4) is 0 Å². The molecule has 0 radical (unpaired) electrons. The van der Waals surface area contributed by atoms with Gasteiger partial charge in [0, 0.05) is 17.8 Å². The van der Waals surface area contributed by atoms with Crippen LogP contribution in [0.4, 0.5) is 5.69 Å². The van der Waals surface area contributed by atoms with E-state index in [1.165, 1.54) is 6.42 Å². The predicted molar refractivity (Wildman–Crippen MR) is 69.1 cm³/mol. The van der Waals surface area contributed by atoms with Gasteiger partial charge in [-0.15, -0.1) is 0 Å². The quantitative estimate of drug-likeness (QED) is 0.843. The summed E-state index contributed by atoms with van der Waals surface area (Å²) in [4.78, 5) is 2.24. The summed E-state index contributed by atoms with van der Waals surface area (Å²) in [6.45, 7) is 2.94. The minimum absolute atomic E-state index is 0.189. The minimum Gasteiger partial charge on any atom is -0.394 e. The van der Waals surface area contributed by atoms with Crippen LogP contribution in [-0.4, -0.2) is 29.4 Å². The molecule has 1 aliphatic heterocycles. The number of aliphatic hydroxyl groups is 2. The molecule has 0 spiro atoms. The molecule has 94 valence electrons. The van der Waals surface area contributed by atoms with Crippen molar-refractivity contribution >= 4 is 5.69 Å². The van der Waals surface area contributed by atoms with E-state index in [0.29, 0.717) is 0 Å². The largest absolute Gasteiger partial charge is 0.394 e. The number of aliphatic hydroxyl groups excluding tert-OH is 2. The molecule has 1 fully saturated rings. The van der Waals surface area contributed by atoms with Gasteiger partial charge in [-0.25, -0.2) is 0 Å². The number of hydrogen-bond donors (Lipinski definition) is 2. The lowest BCUT2D eigenvalue weighted by Gasteiger charge is -2.38. The first-order chi connectivity index (χ1) is 8.24. The Labute approximate surface area is 103 Å². The number of nitrogens with zero attached hydrogens (tertiary/aromatic N) is 1. The van der Waals surface area contributed by atoms with Crippen molar-refractivity contribution in [2.75, 3.05) is 18.1 Å². The fourth-order valence-electron chi connectivity index (χ4n) is 2.61. The SMILES string of the molecule is C[C@@H](O)c1ccccc1N1CCCCC1CO. The van der Waals surface area contributed by atoms with Crippen molar-refractivity contribution in [2.24, 2.45) is 0 Å². The Bertz CT molecular complexity index is 365. The zero-order valence-corrected chi connectivity index (χ0v) is 10.3. The summed E-state index contributed by atoms with van der Waals surface area (Å²) in [7, 11) is 0. The van der Waals surface area contributed by atoms with Gasteiger partial charge in [0.2, 0.25) is 0 Å². The second-order valence-electron chi connectivity index (χ2n) is 4.76. The maximum atomic E-state index is 9.80. The Morgan fingerprint density at radius 2 is 2.12 bits per heavy atom. The molecule has 2 rings (SSSR count). The van der Waals surface area contributed by atoms with E-state index in [4.69, 9.17) is 0 Å². The summed E-state index contributed by atoms with van der Waals surface area (Å²) in [5.41, 5.74) is 2.02. The predicted octanol–water partition coefficient (Wildman–Crippen LogP) is 2.09. The molecule has 17 heavy (non-hydrogen) atoms. The Morgan fingerprint density at radius 1 is 1.35 bits per heavy atom. The van der Waals surface area contributed by atoms with Crippen molar-refractivity contribution in [1.29, 1.82) is 0 Å². The molecule has 1 heterocycles. The highest BCUT2D eigenvalue weighted by Gasteiger charge is 2.24. The molecule has 0 aliphatic carbocycles. The first kappa shape index (κ1) is 12.4. The first-order valence-electron chi connectivity index (χ1n) is 6.38. The molecule has 1 aromatic rings. The van der Waals surface area contributed by atoms with Gasteiger partial charge in [0.05, 0.1) is 18.8 Å². The maximum Gasteiger partial charge on any atom is 0.0781 e. The van der Waals surface area contributed by atoms with Crippen molar-refractivity contribution < 1.29 is 10.2 Å². The van der Waals surface area contributed by atoms with Crippen LogP contribution < -0.4 is 4.90 Å². The van der Waals surface area contributed by atoms with Gasteiger partial charge >= 0.3 is 0 Å². The van der Waals surface area contributed by atoms with E-state index in [1.807, 2.05) is 24.3 Å². The third kappa shape index (κ3) is 2.61. The summed E-state index contributed by atoms with van der Waals surface area (Å²) in [6, 6.07) is 8.14. The van der Waals surface area contributed by atoms with E-state index in [9.17, 15) is 10.2 Å². The van der Waals surface area contributed by atoms with E-state index in [2.05, 4.69) is 4.90 Å². The van der Waals surface area contributed by atoms with Crippen LogP contribution in [0.5, 0.6) is 0 Å². The molecule has 0 amide bonds. The lowest BCUT2D eigenvalue weighted by atomic mass is 9.99. The average Bonchev–Trinajstić information content (AvgIpc) is 2.38. The van der Waals surface area contributed by atoms with Crippen LogP contribution in [0.3, 0.4) is 0 Å². The van der Waals surface area contributed by atoms with Crippen LogP contribution in [0, 0.1) is 0 Å². The highest BCUT2D eigenvalue weighted by molar-refractivity contribution is 5.55. The lowest BCUT2D eigenvalue weighted by molar-refractivity contribution is 0.198. The number of rotatable bonds is 3. The van der Waals surface area contributed by atoms with Gasteiger partial charge in [-0.3, -0.25) is 0 Å². The van der Waals surface area contributed by atoms with E-state index in [0.717, 1.165) is 30.6 Å². The van der Waals surface area contributed by atoms with Crippen molar-refractivity contribution in [3.63, 3.8) is 0 Å². The minimum atomic E-state index is -0.465. The van der Waals surface area contributed by atoms with Crippen LogP contribution in [-0.2, 0) is 0 Å². The summed E-state index contributed by atoms with van der Waals surface area (Å²) in [5, 5.41) is 19.3. The number of anilines is 1. The van der Waals surface area contributed by atoms with E-state index in [-0.39, 0.29) is 12.6 Å². The average molecular weight is 235 g/mol. The van der Waals surface area contributed by atoms with E-state index in [1.54, 1.807) is 6.92 Å². The van der Waals surface area contributed by atoms with Crippen molar-refractivity contribution in [2.45, 2.75) is 38.3 Å². The van der Waals surface area contributed by atoms with Crippen LogP contribution in [0.1, 0.15) is 37.9 Å². The molecule has 3 heteroatoms. The Kier molecular flexibility index (Phi) is 4.02. The molecule has 1 aliphatic rings. The van der Waals surface area contributed by atoms with Crippen LogP contribution in [0.2, 0.25) is 0 Å². The van der Waals surface area contributed by atoms with Crippen LogP contribution in [0.25, 0.3) is 0 Å². The van der Waals surface area contributed by atoms with E-state index >= 15 is 0 Å². The Balaban J connectivity index is 2.31. The van der Waals surface area contributed by atoms with Gasteiger partial charge in [0.1, 0.15) is 0 Å². The maximum absolute atomic E-state index is 9.80. The first-order valence-corrected chi connectivity index (χ1v) is 6.38. The molecule has 1 unspecified atom stereocenters. The molecule has 1 aromatic carbocycles. The molecule has 1 saturated heterocycles. The summed E-state index contributed by atoms with van der Waals surface area (Å²) in [6.07, 6.45) is 2.90. The van der Waals surface area contributed by atoms with Gasteiger partial charge in [-0.2, -0.15) is 0 Å². The highest BCUT2D eigenvalue weighted by atomic mass is 16.3. The molecule has 2 N–H and O–H groups in total. The third-order valence-corrected chi connectivity index (χ3v) is 3.53. The zero-order valence-electron chi connectivity index (χ0n) is 10.3. The van der Waals surface area contributed by atoms with Gasteiger partial charge < -0.3 is 15.1 Å². The summed E-state index contributed by atoms with van der Waals surface area (Å²) >= 11 is 0. The third-order valence-electron chi connectivity index (χ3n) is 3.53. The standard InChI is InChI=1S/C14H21NO2/c1-11(17)13-7-2-3-8-14(13)15-9-5-4-6-12(15)10-16/h2-3,7-8,11-12,16-17H,4-6,9-10H2,1H3/t11-,12?/m1/s1. The van der Waals surface area contributed by atoms with Gasteiger partial charge in [-0.1, -0.05) is 18.2 Å². The second-order valence-corrected chi connectivity index (χ2v) is 4.76. The molecule has 0 saturated carbocycles. The monoisotopic (exact) mass is 235 g/mol. The Morgan fingerprint density at radius 3 is 2.82 bits per heavy atom. The molecule has 0 aromatic heterocycles. The number of benzene rings is 1. The Hall–Kier alpha value is -1.06. The molecular formula is C14H21NO2. The molecular weight excluding hydrogens is 214 g/mol. The normalized spacial score (nSPS) is 22.5. The van der Waals surface area contributed by atoms with Crippen LogP contribution >= 0.6 is 0 Å². The van der Waals surface area contributed by atoms with Crippen LogP contribution in [0.15, 0.2) is 24.3 Å². The summed E-state index contributed by atoms with van der Waals surface area (Å²) in [5.74, 6) is 0. The fraction of sp³-hybridized carbons (Fsp3) is 0.571. The molecule has 0 bridgehead atoms. The lowest BCUT2D eigenvalue weighted by Crippen LogP contribution is -2.42. The van der Waals surface area contributed by atoms with Gasteiger partial charge in [0.15, 0.2) is 0 Å². The highest BCUT2D eigenvalue weighted by Crippen LogP contribution is 2.31. The number of hydrogen-bond acceptors (Lipinski definition) is 3. The van der Waals surface area contributed by atoms with Crippen molar-refractivity contribution in [3.05, 3.63) is 29.8 Å². The second kappa shape index (κ2) is 5.52. The fourth-order valence-corrected chi connectivity index (χ4v) is 2.61. The zero-order chi connectivity index (χ0) is 12.3. The topological polar surface area (TPSA) is 43.7 Å². The summed E-state index contributed by atoms with van der Waals surface area (Å²) < 4.78 is 0. The van der Waals surface area contributed by atoms with Gasteiger partial charge in [0.25, 0.3) is 0 Å². The molecule has 3 nitrogen and oxygen atoms in total. The smallest absolute Gasteiger partial charge is 0.0781 e. The van der Waals surface area contributed by atoms with Gasteiger partial charge in [-0.05, 0) is 32.3 Å².